The largest absolute Gasteiger partial charge is 0.465 e. The van der Waals surface area contributed by atoms with Gasteiger partial charge < -0.3 is 4.42 Å². The van der Waals surface area contributed by atoms with Crippen molar-refractivity contribution in [1.82, 2.24) is 0 Å². The number of furan rings is 1. The molecule has 1 aliphatic rings. The fourth-order valence-electron chi connectivity index (χ4n) is 4.47. The molecule has 4 heteroatoms. The van der Waals surface area contributed by atoms with Crippen LogP contribution < -0.4 is 0 Å². The lowest BCUT2D eigenvalue weighted by Crippen LogP contribution is -2.32. The lowest BCUT2D eigenvalue weighted by atomic mass is 9.90. The lowest BCUT2D eigenvalue weighted by Gasteiger charge is -2.31. The van der Waals surface area contributed by atoms with Crippen LogP contribution in [0.1, 0.15) is 43.6 Å². The Morgan fingerprint density at radius 2 is 1.68 bits per heavy atom. The summed E-state index contributed by atoms with van der Waals surface area (Å²) >= 11 is 0. The van der Waals surface area contributed by atoms with Gasteiger partial charge in [0.05, 0.1) is 5.92 Å². The van der Waals surface area contributed by atoms with Crippen LogP contribution in [0.2, 0.25) is 51.4 Å². The van der Waals surface area contributed by atoms with E-state index in [-0.39, 0.29) is 5.92 Å². The molecule has 1 aromatic heterocycles. The highest BCUT2D eigenvalue weighted by Crippen LogP contribution is 2.48. The van der Waals surface area contributed by atoms with Crippen molar-refractivity contribution in [2.24, 2.45) is 11.8 Å². The maximum Gasteiger partial charge on any atom is 0.144 e. The summed E-state index contributed by atoms with van der Waals surface area (Å²) in [7, 11) is -2.42. The Bertz CT molecular complexity index is 577. The number of Topliss-reactive ketones (excluding diaryl/α,β-unsaturated/α-hetero) is 1. The second-order valence-electron chi connectivity index (χ2n) is 10.5. The van der Waals surface area contributed by atoms with Crippen molar-refractivity contribution >= 4 is 21.9 Å². The van der Waals surface area contributed by atoms with E-state index in [0.717, 1.165) is 30.8 Å². The lowest BCUT2D eigenvalue weighted by molar-refractivity contribution is -0.119. The number of carbonyl (C=O) groups is 1. The quantitative estimate of drug-likeness (QED) is 0.478. The monoisotopic (exact) mass is 378 g/mol. The van der Waals surface area contributed by atoms with Crippen LogP contribution in [-0.2, 0) is 11.2 Å². The third-order valence-electron chi connectivity index (χ3n) is 5.33. The zero-order chi connectivity index (χ0) is 18.8. The Labute approximate surface area is 156 Å². The van der Waals surface area contributed by atoms with Gasteiger partial charge in [-0.25, -0.2) is 0 Å². The molecule has 0 saturated heterocycles. The molecule has 1 aromatic rings. The van der Waals surface area contributed by atoms with Crippen molar-refractivity contribution in [1.29, 1.82) is 0 Å². The van der Waals surface area contributed by atoms with Gasteiger partial charge in [0.25, 0.3) is 0 Å². The molecule has 0 radical (unpaired) electrons. The number of hydrogen-bond acceptors (Lipinski definition) is 2. The maximum atomic E-state index is 13.0. The van der Waals surface area contributed by atoms with Crippen LogP contribution in [0.4, 0.5) is 0 Å². The van der Waals surface area contributed by atoms with Crippen LogP contribution in [0, 0.1) is 11.8 Å². The SMILES string of the molecule is CCCCc1ccc([C@@H]2C(=O)C[C@@H](C[Si](C)(C)C)[C@H]2C[Si](C)(C)C)o1. The normalized spacial score (nSPS) is 24.9. The molecule has 1 aliphatic carbocycles. The molecule has 1 heterocycles. The third kappa shape index (κ3) is 5.95. The number of ketones is 1. The number of hydrogen-bond donors (Lipinski definition) is 0. The Hall–Kier alpha value is -0.616. The van der Waals surface area contributed by atoms with Gasteiger partial charge >= 0.3 is 0 Å². The van der Waals surface area contributed by atoms with Crippen molar-refractivity contribution in [3.05, 3.63) is 23.7 Å². The molecule has 0 amide bonds. The van der Waals surface area contributed by atoms with Crippen LogP contribution in [0.5, 0.6) is 0 Å². The molecule has 0 aliphatic heterocycles. The van der Waals surface area contributed by atoms with E-state index in [1.807, 2.05) is 0 Å². The molecular weight excluding hydrogens is 340 g/mol. The first-order chi connectivity index (χ1) is 11.5. The molecule has 1 fully saturated rings. The molecule has 25 heavy (non-hydrogen) atoms. The van der Waals surface area contributed by atoms with Crippen molar-refractivity contribution in [2.45, 2.75) is 89.9 Å². The van der Waals surface area contributed by atoms with Gasteiger partial charge in [0, 0.05) is 29.0 Å². The Kier molecular flexibility index (Phi) is 6.58. The molecule has 0 unspecified atom stereocenters. The van der Waals surface area contributed by atoms with Gasteiger partial charge in [-0.15, -0.1) is 0 Å². The summed E-state index contributed by atoms with van der Waals surface area (Å²) in [5.74, 6) is 3.53. The number of carbonyl (C=O) groups excluding carboxylic acids is 1. The van der Waals surface area contributed by atoms with E-state index < -0.39 is 16.1 Å². The van der Waals surface area contributed by atoms with Crippen LogP contribution in [0.3, 0.4) is 0 Å². The first-order valence-corrected chi connectivity index (χ1v) is 17.5. The van der Waals surface area contributed by atoms with E-state index in [9.17, 15) is 4.79 Å². The number of rotatable bonds is 8. The Balaban J connectivity index is 2.26. The number of unbranched alkanes of at least 4 members (excludes halogenated alkanes) is 1. The fourth-order valence-corrected chi connectivity index (χ4v) is 8.47. The highest BCUT2D eigenvalue weighted by Gasteiger charge is 2.47. The minimum Gasteiger partial charge on any atom is -0.465 e. The van der Waals surface area contributed by atoms with E-state index in [4.69, 9.17) is 4.42 Å². The molecule has 0 aromatic carbocycles. The molecule has 1 saturated carbocycles. The van der Waals surface area contributed by atoms with Gasteiger partial charge in [-0.05, 0) is 30.4 Å². The van der Waals surface area contributed by atoms with Crippen molar-refractivity contribution in [3.63, 3.8) is 0 Å². The van der Waals surface area contributed by atoms with E-state index in [2.05, 4.69) is 58.3 Å². The van der Waals surface area contributed by atoms with Gasteiger partial charge in [-0.3, -0.25) is 4.79 Å². The van der Waals surface area contributed by atoms with Gasteiger partial charge in [-0.1, -0.05) is 64.7 Å². The van der Waals surface area contributed by atoms with E-state index in [1.54, 1.807) is 0 Å². The van der Waals surface area contributed by atoms with Crippen LogP contribution in [0.15, 0.2) is 16.5 Å². The van der Waals surface area contributed by atoms with Crippen LogP contribution in [-0.4, -0.2) is 21.9 Å². The molecule has 0 spiro atoms. The summed E-state index contributed by atoms with van der Waals surface area (Å²) in [6.45, 7) is 16.8. The zero-order valence-electron chi connectivity index (χ0n) is 17.4. The third-order valence-corrected chi connectivity index (χ3v) is 8.78. The minimum absolute atomic E-state index is 0.0171. The zero-order valence-corrected chi connectivity index (χ0v) is 19.4. The summed E-state index contributed by atoms with van der Waals surface area (Å²) < 4.78 is 6.17. The highest BCUT2D eigenvalue weighted by molar-refractivity contribution is 6.76. The van der Waals surface area contributed by atoms with E-state index >= 15 is 0 Å². The Morgan fingerprint density at radius 3 is 2.24 bits per heavy atom. The molecule has 2 nitrogen and oxygen atoms in total. The second-order valence-corrected chi connectivity index (χ2v) is 21.6. The van der Waals surface area contributed by atoms with Crippen molar-refractivity contribution in [3.8, 4) is 0 Å². The van der Waals surface area contributed by atoms with Crippen LogP contribution >= 0.6 is 0 Å². The summed E-state index contributed by atoms with van der Waals surface area (Å²) in [6.07, 6.45) is 4.10. The van der Waals surface area contributed by atoms with Crippen molar-refractivity contribution in [2.75, 3.05) is 0 Å². The predicted molar refractivity (Wildman–Crippen MR) is 113 cm³/mol. The summed E-state index contributed by atoms with van der Waals surface area (Å²) in [6, 6.07) is 6.72. The van der Waals surface area contributed by atoms with Gasteiger partial charge in [0.2, 0.25) is 0 Å². The summed E-state index contributed by atoms with van der Waals surface area (Å²) in [5.41, 5.74) is 0. The predicted octanol–water partition coefficient (Wildman–Crippen LogP) is 6.59. The summed E-state index contributed by atoms with van der Waals surface area (Å²) in [5, 5.41) is 0. The average molecular weight is 379 g/mol. The molecule has 0 bridgehead atoms. The molecule has 3 atom stereocenters. The highest BCUT2D eigenvalue weighted by atomic mass is 28.3. The van der Waals surface area contributed by atoms with E-state index in [1.165, 1.54) is 18.5 Å². The van der Waals surface area contributed by atoms with Crippen molar-refractivity contribution < 1.29 is 9.21 Å². The minimum atomic E-state index is -1.24. The molecule has 0 N–H and O–H groups in total. The van der Waals surface area contributed by atoms with Crippen LogP contribution in [0.25, 0.3) is 0 Å². The van der Waals surface area contributed by atoms with Gasteiger partial charge in [0.1, 0.15) is 17.3 Å². The molecule has 2 rings (SSSR count). The maximum absolute atomic E-state index is 13.0. The topological polar surface area (TPSA) is 30.2 Å². The molecule has 142 valence electrons. The molecular formula is C21H38O2Si2. The number of aryl methyl sites for hydroxylation is 1. The average Bonchev–Trinajstić information content (AvgIpc) is 2.99. The van der Waals surface area contributed by atoms with Gasteiger partial charge in [-0.2, -0.15) is 0 Å². The standard InChI is InChI=1S/C21H38O2Si2/c1-8-9-10-17-11-12-20(23-17)21-18(15-25(5,6)7)16(13-19(21)22)14-24(2,3)4/h11-12,16,18,21H,8-10,13-15H2,1-7H3/t16-,18+,21-/m0/s1. The Morgan fingerprint density at radius 1 is 1.04 bits per heavy atom. The first-order valence-electron chi connectivity index (χ1n) is 10.1. The second kappa shape index (κ2) is 7.95. The smallest absolute Gasteiger partial charge is 0.144 e. The first kappa shape index (κ1) is 20.7. The fraction of sp³-hybridized carbons (Fsp3) is 0.762. The summed E-state index contributed by atoms with van der Waals surface area (Å²) in [4.78, 5) is 13.0. The van der Waals surface area contributed by atoms with Gasteiger partial charge in [0.15, 0.2) is 0 Å². The van der Waals surface area contributed by atoms with E-state index in [0.29, 0.717) is 17.6 Å².